The van der Waals surface area contributed by atoms with Gasteiger partial charge >= 0.3 is 7.60 Å². The minimum Gasteiger partial charge on any atom is -0.308 e. The van der Waals surface area contributed by atoms with Gasteiger partial charge in [-0.25, -0.2) is 0 Å². The maximum absolute atomic E-state index is 11.8. The third-order valence-corrected chi connectivity index (χ3v) is 4.03. The van der Waals surface area contributed by atoms with Crippen LogP contribution in [-0.4, -0.2) is 30.3 Å². The molecule has 0 rings (SSSR count). The lowest BCUT2D eigenvalue weighted by atomic mass is 10.9. The predicted molar refractivity (Wildman–Crippen MR) is 62.5 cm³/mol. The summed E-state index contributed by atoms with van der Waals surface area (Å²) < 4.78 is 22.2. The summed E-state index contributed by atoms with van der Waals surface area (Å²) in [5.74, 6) is 0. The molecule has 84 valence electrons. The first-order chi connectivity index (χ1) is 6.58. The molecule has 4 nitrogen and oxygen atoms in total. The van der Waals surface area contributed by atoms with Crippen molar-refractivity contribution < 1.29 is 13.6 Å². The van der Waals surface area contributed by atoms with Gasteiger partial charge in [-0.3, -0.25) is 9.56 Å². The molecule has 0 N–H and O–H groups in total. The van der Waals surface area contributed by atoms with E-state index in [4.69, 9.17) is 20.6 Å². The van der Waals surface area contributed by atoms with Crippen molar-refractivity contribution in [2.75, 3.05) is 25.8 Å². The molecule has 0 heterocycles. The fraction of sp³-hybridized carbons (Fsp3) is 0.857. The Morgan fingerprint density at radius 3 is 2.29 bits per heavy atom. The molecule has 14 heavy (non-hydrogen) atoms. The second-order valence-corrected chi connectivity index (χ2v) is 5.60. The molecule has 0 aromatic heterocycles. The van der Waals surface area contributed by atoms with Gasteiger partial charge in [0.05, 0.1) is 13.2 Å². The van der Waals surface area contributed by atoms with Gasteiger partial charge in [0.1, 0.15) is 6.29 Å². The summed E-state index contributed by atoms with van der Waals surface area (Å²) in [5.41, 5.74) is 0. The number of hydrogen-bond donors (Lipinski definition) is 0. The van der Waals surface area contributed by atoms with E-state index in [0.29, 0.717) is 17.7 Å². The molecule has 0 saturated heterocycles. The normalized spacial score (nSPS) is 13.3. The Labute approximate surface area is 93.9 Å². The fourth-order valence-corrected chi connectivity index (χ4v) is 2.49. The van der Waals surface area contributed by atoms with Gasteiger partial charge in [-0.15, -0.1) is 0 Å². The number of hydrogen-bond acceptors (Lipinski definition) is 5. The van der Waals surface area contributed by atoms with E-state index in [2.05, 4.69) is 4.99 Å². The second kappa shape index (κ2) is 7.71. The van der Waals surface area contributed by atoms with Crippen molar-refractivity contribution in [2.24, 2.45) is 4.99 Å². The molecule has 0 aromatic carbocycles. The van der Waals surface area contributed by atoms with Crippen molar-refractivity contribution in [2.45, 2.75) is 13.8 Å². The Balaban J connectivity index is 4.29. The predicted octanol–water partition coefficient (Wildman–Crippen LogP) is 3.17. The molecule has 0 fully saturated rings. The van der Waals surface area contributed by atoms with E-state index in [0.717, 1.165) is 0 Å². The minimum atomic E-state index is -3.07. The first-order valence-electron chi connectivity index (χ1n) is 4.20. The molecular formula is C7H15ClNO3PS. The SMILES string of the molecule is CCOP(=O)(C/N=C(\Cl)SC)OCC. The van der Waals surface area contributed by atoms with E-state index in [1.807, 2.05) is 0 Å². The van der Waals surface area contributed by atoms with Crippen LogP contribution in [0.3, 0.4) is 0 Å². The highest BCUT2D eigenvalue weighted by molar-refractivity contribution is 8.16. The average molecular weight is 260 g/mol. The van der Waals surface area contributed by atoms with Gasteiger partial charge in [0, 0.05) is 0 Å². The molecule has 0 unspecified atom stereocenters. The summed E-state index contributed by atoms with van der Waals surface area (Å²) >= 11 is 6.94. The van der Waals surface area contributed by atoms with Gasteiger partial charge in [-0.05, 0) is 20.1 Å². The van der Waals surface area contributed by atoms with Crippen LogP contribution in [0.5, 0.6) is 0 Å². The van der Waals surface area contributed by atoms with Crippen LogP contribution >= 0.6 is 31.0 Å². The Kier molecular flexibility index (Phi) is 7.97. The number of nitrogens with zero attached hydrogens (tertiary/aromatic N) is 1. The monoisotopic (exact) mass is 259 g/mol. The van der Waals surface area contributed by atoms with Gasteiger partial charge in [0.15, 0.2) is 4.50 Å². The Hall–Kier alpha value is 0.460. The lowest BCUT2D eigenvalue weighted by Gasteiger charge is -2.14. The second-order valence-electron chi connectivity index (χ2n) is 2.20. The molecule has 0 atom stereocenters. The van der Waals surface area contributed by atoms with Crippen LogP contribution in [0.1, 0.15) is 13.8 Å². The number of thioether (sulfide) groups is 1. The Morgan fingerprint density at radius 2 is 1.93 bits per heavy atom. The van der Waals surface area contributed by atoms with Crippen molar-refractivity contribution in [3.05, 3.63) is 0 Å². The molecule has 0 radical (unpaired) electrons. The topological polar surface area (TPSA) is 47.9 Å². The molecule has 0 bridgehead atoms. The summed E-state index contributed by atoms with van der Waals surface area (Å²) in [7, 11) is -3.07. The van der Waals surface area contributed by atoms with E-state index < -0.39 is 7.60 Å². The Morgan fingerprint density at radius 1 is 1.43 bits per heavy atom. The molecule has 7 heteroatoms. The van der Waals surface area contributed by atoms with Crippen LogP contribution in [0.15, 0.2) is 4.99 Å². The molecule has 0 spiro atoms. The summed E-state index contributed by atoms with van der Waals surface area (Å²) in [6, 6.07) is 0. The third-order valence-electron chi connectivity index (χ3n) is 1.19. The van der Waals surface area contributed by atoms with Crippen molar-refractivity contribution in [1.29, 1.82) is 0 Å². The van der Waals surface area contributed by atoms with E-state index in [1.54, 1.807) is 20.1 Å². The zero-order valence-electron chi connectivity index (χ0n) is 8.53. The first-order valence-corrected chi connectivity index (χ1v) is 7.53. The zero-order valence-corrected chi connectivity index (χ0v) is 11.0. The van der Waals surface area contributed by atoms with Crippen LogP contribution in [0.4, 0.5) is 0 Å². The minimum absolute atomic E-state index is 0.0195. The van der Waals surface area contributed by atoms with E-state index in [9.17, 15) is 4.57 Å². The third kappa shape index (κ3) is 6.04. The maximum atomic E-state index is 11.8. The highest BCUT2D eigenvalue weighted by atomic mass is 35.5. The molecule has 0 saturated carbocycles. The summed E-state index contributed by atoms with van der Waals surface area (Å²) in [5, 5.41) is 0. The molecule has 0 aliphatic heterocycles. The molecule has 0 aliphatic carbocycles. The standard InChI is InChI=1S/C7H15ClNO3PS/c1-4-11-13(10,12-5-2)6-9-7(8)14-3/h4-6H2,1-3H3/b9-7+. The van der Waals surface area contributed by atoms with Gasteiger partial charge in [0.25, 0.3) is 0 Å². The van der Waals surface area contributed by atoms with Crippen molar-refractivity contribution in [3.8, 4) is 0 Å². The summed E-state index contributed by atoms with van der Waals surface area (Å²) in [6.45, 7) is 4.19. The van der Waals surface area contributed by atoms with Crippen LogP contribution < -0.4 is 0 Å². The first kappa shape index (κ1) is 14.5. The van der Waals surface area contributed by atoms with Crippen LogP contribution in [0, 0.1) is 0 Å². The van der Waals surface area contributed by atoms with Crippen molar-refractivity contribution >= 4 is 35.5 Å². The van der Waals surface area contributed by atoms with Gasteiger partial charge in [-0.2, -0.15) is 0 Å². The molecule has 0 aromatic rings. The molecule has 0 amide bonds. The van der Waals surface area contributed by atoms with E-state index in [-0.39, 0.29) is 6.29 Å². The van der Waals surface area contributed by atoms with Crippen molar-refractivity contribution in [1.82, 2.24) is 0 Å². The smallest absolute Gasteiger partial charge is 0.308 e. The fourth-order valence-electron chi connectivity index (χ4n) is 0.719. The number of aliphatic imine (C=N–C) groups is 1. The lowest BCUT2D eigenvalue weighted by molar-refractivity contribution is 0.221. The van der Waals surface area contributed by atoms with Gasteiger partial charge < -0.3 is 9.05 Å². The maximum Gasteiger partial charge on any atom is 0.351 e. The quantitative estimate of drug-likeness (QED) is 0.418. The highest BCUT2D eigenvalue weighted by Crippen LogP contribution is 2.48. The van der Waals surface area contributed by atoms with E-state index >= 15 is 0 Å². The van der Waals surface area contributed by atoms with E-state index in [1.165, 1.54) is 11.8 Å². The zero-order chi connectivity index (χ0) is 11.0. The summed E-state index contributed by atoms with van der Waals surface area (Å²) in [4.78, 5) is 3.88. The Bertz CT molecular complexity index is 227. The molecule has 0 aliphatic rings. The van der Waals surface area contributed by atoms with Crippen LogP contribution in [-0.2, 0) is 13.6 Å². The van der Waals surface area contributed by atoms with Gasteiger partial charge in [0.2, 0.25) is 0 Å². The van der Waals surface area contributed by atoms with Crippen LogP contribution in [0.2, 0.25) is 0 Å². The van der Waals surface area contributed by atoms with Crippen molar-refractivity contribution in [3.63, 3.8) is 0 Å². The summed E-state index contributed by atoms with van der Waals surface area (Å²) in [6.07, 6.45) is 1.77. The van der Waals surface area contributed by atoms with Crippen LogP contribution in [0.25, 0.3) is 0 Å². The number of halogens is 1. The molecular weight excluding hydrogens is 245 g/mol. The number of rotatable bonds is 6. The lowest BCUT2D eigenvalue weighted by Crippen LogP contribution is -1.99. The van der Waals surface area contributed by atoms with Gasteiger partial charge in [-0.1, -0.05) is 23.4 Å². The highest BCUT2D eigenvalue weighted by Gasteiger charge is 2.22. The average Bonchev–Trinajstić information content (AvgIpc) is 2.15. The largest absolute Gasteiger partial charge is 0.351 e.